The summed E-state index contributed by atoms with van der Waals surface area (Å²) in [6.45, 7) is 5.61. The van der Waals surface area contributed by atoms with Crippen molar-refractivity contribution >= 4 is 22.6 Å². The average Bonchev–Trinajstić information content (AvgIpc) is 2.82. The number of hydrogen-bond acceptors (Lipinski definition) is 4. The van der Waals surface area contributed by atoms with E-state index in [0.29, 0.717) is 5.15 Å². The van der Waals surface area contributed by atoms with Crippen molar-refractivity contribution in [3.63, 3.8) is 0 Å². The van der Waals surface area contributed by atoms with Gasteiger partial charge in [-0.15, -0.1) is 0 Å². The van der Waals surface area contributed by atoms with E-state index in [4.69, 9.17) is 16.3 Å². The van der Waals surface area contributed by atoms with E-state index in [-0.39, 0.29) is 0 Å². The van der Waals surface area contributed by atoms with Gasteiger partial charge in [-0.2, -0.15) is 0 Å². The van der Waals surface area contributed by atoms with Gasteiger partial charge in [-0.3, -0.25) is 4.90 Å². The predicted octanol–water partition coefficient (Wildman–Crippen LogP) is 1.42. The minimum Gasteiger partial charge on any atom is -0.379 e. The van der Waals surface area contributed by atoms with Gasteiger partial charge in [-0.1, -0.05) is 11.6 Å². The molecule has 0 amide bonds. The van der Waals surface area contributed by atoms with Gasteiger partial charge in [-0.05, 0) is 6.07 Å². The zero-order valence-corrected chi connectivity index (χ0v) is 10.8. The van der Waals surface area contributed by atoms with Crippen LogP contribution in [0, 0.1) is 0 Å². The molecule has 1 fully saturated rings. The Morgan fingerprint density at radius 3 is 2.89 bits per heavy atom. The van der Waals surface area contributed by atoms with E-state index in [1.807, 2.05) is 12.3 Å². The van der Waals surface area contributed by atoms with Gasteiger partial charge in [0.15, 0.2) is 0 Å². The number of nitrogens with zero attached hydrogens (tertiary/aromatic N) is 4. The molecule has 18 heavy (non-hydrogen) atoms. The predicted molar refractivity (Wildman–Crippen MR) is 69.8 cm³/mol. The number of morpholine rings is 1. The van der Waals surface area contributed by atoms with Crippen LogP contribution < -0.4 is 0 Å². The number of hydrogen-bond donors (Lipinski definition) is 0. The highest BCUT2D eigenvalue weighted by atomic mass is 35.5. The normalized spacial score (nSPS) is 17.4. The highest BCUT2D eigenvalue weighted by molar-refractivity contribution is 6.33. The summed E-state index contributed by atoms with van der Waals surface area (Å²) in [7, 11) is 0. The van der Waals surface area contributed by atoms with Crippen molar-refractivity contribution in [3.05, 3.63) is 23.7 Å². The van der Waals surface area contributed by atoms with Crippen LogP contribution in [0.4, 0.5) is 0 Å². The highest BCUT2D eigenvalue weighted by Gasteiger charge is 2.11. The molecule has 3 heterocycles. The maximum absolute atomic E-state index is 6.03. The first-order chi connectivity index (χ1) is 8.84. The van der Waals surface area contributed by atoms with Crippen LogP contribution in [0.3, 0.4) is 0 Å². The number of ether oxygens (including phenoxy) is 1. The van der Waals surface area contributed by atoms with Crippen LogP contribution in [0.1, 0.15) is 0 Å². The Labute approximate surface area is 110 Å². The molecule has 0 atom stereocenters. The molecule has 0 radical (unpaired) electrons. The average molecular weight is 267 g/mol. The van der Waals surface area contributed by atoms with Crippen LogP contribution >= 0.6 is 11.6 Å². The number of fused-ring (bicyclic) bond motifs is 1. The molecular formula is C12H15ClN4O. The minimum absolute atomic E-state index is 0.519. The summed E-state index contributed by atoms with van der Waals surface area (Å²) in [6, 6.07) is 1.97. The molecule has 0 unspecified atom stereocenters. The molecule has 3 rings (SSSR count). The van der Waals surface area contributed by atoms with Gasteiger partial charge >= 0.3 is 0 Å². The third-order valence-electron chi connectivity index (χ3n) is 3.27. The highest BCUT2D eigenvalue weighted by Crippen LogP contribution is 2.19. The van der Waals surface area contributed by atoms with Crippen LogP contribution in [0.15, 0.2) is 18.6 Å². The molecule has 0 spiro atoms. The second kappa shape index (κ2) is 5.22. The van der Waals surface area contributed by atoms with Gasteiger partial charge in [0.1, 0.15) is 17.1 Å². The van der Waals surface area contributed by atoms with Crippen LogP contribution in [-0.2, 0) is 11.3 Å². The van der Waals surface area contributed by atoms with Crippen molar-refractivity contribution in [1.29, 1.82) is 0 Å². The van der Waals surface area contributed by atoms with Gasteiger partial charge in [0.05, 0.1) is 18.6 Å². The monoisotopic (exact) mass is 266 g/mol. The Balaban J connectivity index is 1.72. The van der Waals surface area contributed by atoms with Crippen molar-refractivity contribution in [1.82, 2.24) is 19.4 Å². The number of aromatic nitrogens is 3. The van der Waals surface area contributed by atoms with Crippen molar-refractivity contribution in [2.45, 2.75) is 6.54 Å². The van der Waals surface area contributed by atoms with Crippen molar-refractivity contribution in [2.24, 2.45) is 0 Å². The van der Waals surface area contributed by atoms with Gasteiger partial charge < -0.3 is 9.30 Å². The van der Waals surface area contributed by atoms with E-state index in [2.05, 4.69) is 19.4 Å². The molecule has 1 aliphatic heterocycles. The Kier molecular flexibility index (Phi) is 3.45. The molecule has 1 saturated heterocycles. The quantitative estimate of drug-likeness (QED) is 0.788. The van der Waals surface area contributed by atoms with E-state index in [9.17, 15) is 0 Å². The Hall–Kier alpha value is -1.17. The van der Waals surface area contributed by atoms with Crippen LogP contribution in [-0.4, -0.2) is 52.3 Å². The first-order valence-electron chi connectivity index (χ1n) is 6.10. The van der Waals surface area contributed by atoms with Gasteiger partial charge in [0, 0.05) is 32.4 Å². The molecule has 0 aliphatic carbocycles. The molecule has 6 heteroatoms. The second-order valence-corrected chi connectivity index (χ2v) is 4.72. The molecule has 0 N–H and O–H groups in total. The van der Waals surface area contributed by atoms with E-state index in [1.54, 1.807) is 0 Å². The lowest BCUT2D eigenvalue weighted by Crippen LogP contribution is -2.38. The fourth-order valence-corrected chi connectivity index (χ4v) is 2.42. The summed E-state index contributed by atoms with van der Waals surface area (Å²) < 4.78 is 7.46. The molecule has 2 aromatic rings. The molecule has 0 saturated carbocycles. The lowest BCUT2D eigenvalue weighted by atomic mass is 10.4. The fraction of sp³-hybridized carbons (Fsp3) is 0.500. The van der Waals surface area contributed by atoms with Crippen molar-refractivity contribution in [2.75, 3.05) is 32.8 Å². The maximum Gasteiger partial charge on any atom is 0.144 e. The number of rotatable bonds is 3. The standard InChI is InChI=1S/C12H15ClN4O/c13-11-10-1-2-17(12(10)15-9-14-11)4-3-16-5-7-18-8-6-16/h1-2,9H,3-8H2. The van der Waals surface area contributed by atoms with E-state index in [0.717, 1.165) is 50.4 Å². The molecule has 0 aromatic carbocycles. The smallest absolute Gasteiger partial charge is 0.144 e. The molecule has 2 aromatic heterocycles. The topological polar surface area (TPSA) is 43.2 Å². The van der Waals surface area contributed by atoms with Gasteiger partial charge in [-0.25, -0.2) is 9.97 Å². The first kappa shape index (κ1) is 11.9. The van der Waals surface area contributed by atoms with E-state index < -0.39 is 0 Å². The molecule has 5 nitrogen and oxygen atoms in total. The van der Waals surface area contributed by atoms with Crippen LogP contribution in [0.25, 0.3) is 11.0 Å². The number of halogens is 1. The maximum atomic E-state index is 6.03. The van der Waals surface area contributed by atoms with E-state index in [1.165, 1.54) is 6.33 Å². The Bertz CT molecular complexity index is 536. The Morgan fingerprint density at radius 2 is 2.06 bits per heavy atom. The third kappa shape index (κ3) is 2.34. The van der Waals surface area contributed by atoms with Crippen LogP contribution in [0.5, 0.6) is 0 Å². The summed E-state index contributed by atoms with van der Waals surface area (Å²) in [4.78, 5) is 10.7. The zero-order valence-electron chi connectivity index (χ0n) is 10.0. The summed E-state index contributed by atoms with van der Waals surface area (Å²) in [6.07, 6.45) is 3.53. The molecular weight excluding hydrogens is 252 g/mol. The molecule has 1 aliphatic rings. The molecule has 96 valence electrons. The fourth-order valence-electron chi connectivity index (χ4n) is 2.23. The largest absolute Gasteiger partial charge is 0.379 e. The third-order valence-corrected chi connectivity index (χ3v) is 3.57. The zero-order chi connectivity index (χ0) is 12.4. The first-order valence-corrected chi connectivity index (χ1v) is 6.48. The Morgan fingerprint density at radius 1 is 1.22 bits per heavy atom. The van der Waals surface area contributed by atoms with Crippen LogP contribution in [0.2, 0.25) is 5.15 Å². The summed E-state index contributed by atoms with van der Waals surface area (Å²) in [5.74, 6) is 0. The molecule has 0 bridgehead atoms. The lowest BCUT2D eigenvalue weighted by molar-refractivity contribution is 0.0365. The lowest BCUT2D eigenvalue weighted by Gasteiger charge is -2.26. The van der Waals surface area contributed by atoms with Gasteiger partial charge in [0.2, 0.25) is 0 Å². The van der Waals surface area contributed by atoms with Gasteiger partial charge in [0.25, 0.3) is 0 Å². The SMILES string of the molecule is Clc1ncnc2c1ccn2CCN1CCOCC1. The summed E-state index contributed by atoms with van der Waals surface area (Å²) in [5, 5.41) is 1.44. The minimum atomic E-state index is 0.519. The second-order valence-electron chi connectivity index (χ2n) is 4.36. The van der Waals surface area contributed by atoms with Crippen molar-refractivity contribution in [3.8, 4) is 0 Å². The van der Waals surface area contributed by atoms with Crippen molar-refractivity contribution < 1.29 is 4.74 Å². The summed E-state index contributed by atoms with van der Waals surface area (Å²) >= 11 is 6.03. The van der Waals surface area contributed by atoms with E-state index >= 15 is 0 Å². The summed E-state index contributed by atoms with van der Waals surface area (Å²) in [5.41, 5.74) is 0.906.